The normalized spacial score (nSPS) is 19.0. The van der Waals surface area contributed by atoms with Gasteiger partial charge in [-0.2, -0.15) is 18.4 Å². The van der Waals surface area contributed by atoms with Crippen molar-refractivity contribution < 1.29 is 23.0 Å². The molecule has 0 spiro atoms. The molecule has 37 heavy (non-hydrogen) atoms. The molecule has 0 bridgehead atoms. The van der Waals surface area contributed by atoms with Gasteiger partial charge < -0.3 is 14.7 Å². The first kappa shape index (κ1) is 27.3. The molecule has 2 aliphatic rings. The average molecular weight is 516 g/mol. The Morgan fingerprint density at radius 1 is 1.08 bits per heavy atom. The van der Waals surface area contributed by atoms with Crippen molar-refractivity contribution in [3.05, 3.63) is 58.7 Å². The van der Waals surface area contributed by atoms with Gasteiger partial charge in [0.15, 0.2) is 0 Å². The van der Waals surface area contributed by atoms with Crippen LogP contribution in [0.3, 0.4) is 0 Å². The van der Waals surface area contributed by atoms with Crippen LogP contribution in [0.4, 0.5) is 18.9 Å². The number of hydrogen-bond acceptors (Lipinski definition) is 5. The molecule has 2 fully saturated rings. The minimum absolute atomic E-state index is 0.370. The summed E-state index contributed by atoms with van der Waals surface area (Å²) < 4.78 is 46.1. The minimum Gasteiger partial charge on any atom is -0.493 e. The van der Waals surface area contributed by atoms with E-state index in [0.29, 0.717) is 50.7 Å². The third-order valence-corrected chi connectivity index (χ3v) is 7.87. The third-order valence-electron chi connectivity index (χ3n) is 7.87. The molecule has 200 valence electrons. The molecule has 1 unspecified atom stereocenters. The fourth-order valence-corrected chi connectivity index (χ4v) is 5.64. The zero-order chi connectivity index (χ0) is 26.6. The molecule has 0 aromatic heterocycles. The van der Waals surface area contributed by atoms with E-state index in [4.69, 9.17) is 10.00 Å². The SMILES string of the molecule is CCC(c1ccc(OCCC2(O)CCN(c3ccc(C#N)c(C(F)(F)F)c3)CC2)c(C)c1)N1CCCC1. The lowest BCUT2D eigenvalue weighted by atomic mass is 9.88. The van der Waals surface area contributed by atoms with Crippen molar-refractivity contribution in [1.82, 2.24) is 4.90 Å². The molecule has 2 aliphatic heterocycles. The van der Waals surface area contributed by atoms with Crippen molar-refractivity contribution in [2.45, 2.75) is 70.2 Å². The number of ether oxygens (including phenoxy) is 1. The minimum atomic E-state index is -4.59. The summed E-state index contributed by atoms with van der Waals surface area (Å²) >= 11 is 0. The Balaban J connectivity index is 1.31. The Hall–Kier alpha value is -2.76. The summed E-state index contributed by atoms with van der Waals surface area (Å²) in [6.07, 6.45) is 0.335. The van der Waals surface area contributed by atoms with Gasteiger partial charge in [0.05, 0.1) is 29.4 Å². The number of rotatable bonds is 8. The Morgan fingerprint density at radius 3 is 2.38 bits per heavy atom. The van der Waals surface area contributed by atoms with Crippen molar-refractivity contribution in [2.24, 2.45) is 0 Å². The first-order valence-corrected chi connectivity index (χ1v) is 13.2. The number of piperidine rings is 1. The molecular weight excluding hydrogens is 479 g/mol. The van der Waals surface area contributed by atoms with Crippen LogP contribution < -0.4 is 9.64 Å². The second kappa shape index (κ2) is 11.3. The summed E-state index contributed by atoms with van der Waals surface area (Å²) in [5.74, 6) is 0.818. The van der Waals surface area contributed by atoms with Crippen molar-refractivity contribution in [3.63, 3.8) is 0 Å². The molecule has 0 radical (unpaired) electrons. The first-order chi connectivity index (χ1) is 17.6. The lowest BCUT2D eigenvalue weighted by Crippen LogP contribution is -2.45. The molecule has 0 amide bonds. The molecule has 2 heterocycles. The summed E-state index contributed by atoms with van der Waals surface area (Å²) in [6, 6.07) is 12.2. The Bertz CT molecular complexity index is 1110. The largest absolute Gasteiger partial charge is 0.493 e. The number of aliphatic hydroxyl groups is 1. The van der Waals surface area contributed by atoms with Crippen LogP contribution in [-0.2, 0) is 6.18 Å². The zero-order valence-corrected chi connectivity index (χ0v) is 21.7. The molecule has 0 saturated carbocycles. The highest BCUT2D eigenvalue weighted by atomic mass is 19.4. The summed E-state index contributed by atoms with van der Waals surface area (Å²) in [4.78, 5) is 4.39. The van der Waals surface area contributed by atoms with Crippen molar-refractivity contribution >= 4 is 5.69 Å². The van der Waals surface area contributed by atoms with Gasteiger partial charge in [-0.05, 0) is 87.5 Å². The van der Waals surface area contributed by atoms with Crippen LogP contribution in [0.1, 0.15) is 73.7 Å². The molecule has 1 atom stereocenters. The van der Waals surface area contributed by atoms with Gasteiger partial charge in [0.2, 0.25) is 0 Å². The monoisotopic (exact) mass is 515 g/mol. The number of nitrogens with zero attached hydrogens (tertiary/aromatic N) is 3. The maximum Gasteiger partial charge on any atom is 0.417 e. The van der Waals surface area contributed by atoms with Crippen LogP contribution >= 0.6 is 0 Å². The number of hydrogen-bond donors (Lipinski definition) is 1. The van der Waals surface area contributed by atoms with Crippen LogP contribution in [0.25, 0.3) is 0 Å². The van der Waals surface area contributed by atoms with Crippen LogP contribution in [0, 0.1) is 18.3 Å². The Morgan fingerprint density at radius 2 is 1.78 bits per heavy atom. The lowest BCUT2D eigenvalue weighted by molar-refractivity contribution is -0.137. The molecular formula is C29H36F3N3O2. The smallest absolute Gasteiger partial charge is 0.417 e. The van der Waals surface area contributed by atoms with Gasteiger partial charge in [0, 0.05) is 31.2 Å². The van der Waals surface area contributed by atoms with Gasteiger partial charge >= 0.3 is 6.18 Å². The van der Waals surface area contributed by atoms with Gasteiger partial charge in [0.1, 0.15) is 5.75 Å². The second-order valence-corrected chi connectivity index (χ2v) is 10.3. The average Bonchev–Trinajstić information content (AvgIpc) is 3.40. The van der Waals surface area contributed by atoms with E-state index < -0.39 is 17.3 Å². The van der Waals surface area contributed by atoms with E-state index in [-0.39, 0.29) is 5.56 Å². The van der Waals surface area contributed by atoms with Crippen molar-refractivity contribution in [1.29, 1.82) is 5.26 Å². The van der Waals surface area contributed by atoms with Gasteiger partial charge in [0.25, 0.3) is 0 Å². The molecule has 1 N–H and O–H groups in total. The van der Waals surface area contributed by atoms with Gasteiger partial charge in [-0.25, -0.2) is 0 Å². The van der Waals surface area contributed by atoms with Crippen LogP contribution in [0.2, 0.25) is 0 Å². The summed E-state index contributed by atoms with van der Waals surface area (Å²) in [6.45, 7) is 7.82. The van der Waals surface area contributed by atoms with Gasteiger partial charge in [-0.1, -0.05) is 19.1 Å². The highest BCUT2D eigenvalue weighted by Crippen LogP contribution is 2.36. The maximum atomic E-state index is 13.3. The van der Waals surface area contributed by atoms with E-state index >= 15 is 0 Å². The quantitative estimate of drug-likeness (QED) is 0.452. The number of aryl methyl sites for hydroxylation is 1. The van der Waals surface area contributed by atoms with E-state index in [9.17, 15) is 18.3 Å². The number of nitriles is 1. The maximum absolute atomic E-state index is 13.3. The number of anilines is 1. The van der Waals surface area contributed by atoms with E-state index in [1.807, 2.05) is 11.0 Å². The van der Waals surface area contributed by atoms with Gasteiger partial charge in [-0.15, -0.1) is 0 Å². The Kier molecular flexibility index (Phi) is 8.35. The van der Waals surface area contributed by atoms with Crippen molar-refractivity contribution in [2.75, 3.05) is 37.7 Å². The van der Waals surface area contributed by atoms with E-state index in [1.165, 1.54) is 24.5 Å². The summed E-state index contributed by atoms with van der Waals surface area (Å²) in [5.41, 5.74) is 0.585. The van der Waals surface area contributed by atoms with E-state index in [2.05, 4.69) is 30.9 Å². The predicted molar refractivity (Wildman–Crippen MR) is 138 cm³/mol. The molecule has 0 aliphatic carbocycles. The fraction of sp³-hybridized carbons (Fsp3) is 0.552. The van der Waals surface area contributed by atoms with Gasteiger partial charge in [-0.3, -0.25) is 4.90 Å². The molecule has 2 aromatic carbocycles. The standard InChI is InChI=1S/C29H36F3N3O2/c1-3-26(35-13-4-5-14-35)22-7-9-27(21(2)18-22)37-17-12-28(36)10-15-34(16-11-28)24-8-6-23(20-33)25(19-24)29(30,31)32/h6-9,18-19,26,36H,3-5,10-17H2,1-2H3. The molecule has 4 rings (SSSR count). The van der Waals surface area contributed by atoms with Crippen molar-refractivity contribution in [3.8, 4) is 11.8 Å². The highest BCUT2D eigenvalue weighted by Gasteiger charge is 2.36. The molecule has 2 aromatic rings. The summed E-state index contributed by atoms with van der Waals surface area (Å²) in [5, 5.41) is 20.1. The van der Waals surface area contributed by atoms with E-state index in [0.717, 1.165) is 36.9 Å². The fourth-order valence-electron chi connectivity index (χ4n) is 5.64. The Labute approximate surface area is 217 Å². The molecule has 5 nitrogen and oxygen atoms in total. The highest BCUT2D eigenvalue weighted by molar-refractivity contribution is 5.55. The number of benzene rings is 2. The topological polar surface area (TPSA) is 59.7 Å². The third kappa shape index (κ3) is 6.39. The van der Waals surface area contributed by atoms with Crippen LogP contribution in [0.5, 0.6) is 5.75 Å². The summed E-state index contributed by atoms with van der Waals surface area (Å²) in [7, 11) is 0. The second-order valence-electron chi connectivity index (χ2n) is 10.3. The van der Waals surface area contributed by atoms with Crippen LogP contribution in [-0.4, -0.2) is 48.4 Å². The number of alkyl halides is 3. The number of likely N-dealkylation sites (tertiary alicyclic amines) is 1. The molecule has 8 heteroatoms. The first-order valence-electron chi connectivity index (χ1n) is 13.2. The zero-order valence-electron chi connectivity index (χ0n) is 21.7. The van der Waals surface area contributed by atoms with E-state index in [1.54, 1.807) is 12.1 Å². The number of halogens is 3. The predicted octanol–water partition coefficient (Wildman–Crippen LogP) is 6.23. The lowest BCUT2D eigenvalue weighted by Gasteiger charge is -2.39. The van der Waals surface area contributed by atoms with Crippen LogP contribution in [0.15, 0.2) is 36.4 Å². The molecule has 2 saturated heterocycles.